The number of nitrogens with zero attached hydrogens (tertiary/aromatic N) is 2. The number of ether oxygens (including phenoxy) is 1. The van der Waals surface area contributed by atoms with Gasteiger partial charge in [0.2, 0.25) is 0 Å². The summed E-state index contributed by atoms with van der Waals surface area (Å²) in [6, 6.07) is 16.5. The fourth-order valence-corrected chi connectivity index (χ4v) is 2.66. The van der Waals surface area contributed by atoms with Crippen molar-refractivity contribution in [2.24, 2.45) is 0 Å². The van der Waals surface area contributed by atoms with Crippen molar-refractivity contribution in [2.75, 3.05) is 17.7 Å². The Labute approximate surface area is 162 Å². The van der Waals surface area contributed by atoms with Gasteiger partial charge in [-0.3, -0.25) is 0 Å². The topological polar surface area (TPSA) is 76.1 Å². The summed E-state index contributed by atoms with van der Waals surface area (Å²) in [4.78, 5) is 20.7. The zero-order chi connectivity index (χ0) is 19.2. The third-order valence-electron chi connectivity index (χ3n) is 3.82. The lowest BCUT2D eigenvalue weighted by Gasteiger charge is -2.12. The van der Waals surface area contributed by atoms with E-state index < -0.39 is 5.97 Å². The average Bonchev–Trinajstić information content (AvgIpc) is 2.67. The molecule has 1 aromatic heterocycles. The third kappa shape index (κ3) is 4.95. The first kappa shape index (κ1) is 18.7. The first-order valence-corrected chi connectivity index (χ1v) is 8.71. The quantitative estimate of drug-likeness (QED) is 0.608. The number of hydrogen-bond acceptors (Lipinski definition) is 6. The van der Waals surface area contributed by atoms with Crippen LogP contribution in [0.4, 0.5) is 17.3 Å². The molecule has 3 aromatic rings. The lowest BCUT2D eigenvalue weighted by molar-refractivity contribution is 0.0602. The molecular weight excluding hydrogens is 364 g/mol. The van der Waals surface area contributed by atoms with E-state index >= 15 is 0 Å². The molecule has 0 spiro atoms. The molecule has 0 aliphatic heterocycles. The van der Waals surface area contributed by atoms with Gasteiger partial charge in [0.1, 0.15) is 17.5 Å². The van der Waals surface area contributed by atoms with Crippen molar-refractivity contribution in [1.29, 1.82) is 0 Å². The molecule has 7 heteroatoms. The number of rotatable bonds is 6. The second-order valence-electron chi connectivity index (χ2n) is 5.83. The number of benzene rings is 2. The van der Waals surface area contributed by atoms with Crippen LogP contribution in [0.3, 0.4) is 0 Å². The van der Waals surface area contributed by atoms with Crippen LogP contribution in [-0.2, 0) is 11.3 Å². The van der Waals surface area contributed by atoms with E-state index in [0.717, 1.165) is 5.56 Å². The lowest BCUT2D eigenvalue weighted by Crippen LogP contribution is -2.08. The predicted molar refractivity (Wildman–Crippen MR) is 107 cm³/mol. The molecule has 0 radical (unpaired) electrons. The molecule has 1 heterocycles. The van der Waals surface area contributed by atoms with E-state index in [-0.39, 0.29) is 0 Å². The van der Waals surface area contributed by atoms with Crippen LogP contribution < -0.4 is 10.6 Å². The Kier molecular flexibility index (Phi) is 5.88. The van der Waals surface area contributed by atoms with Crippen molar-refractivity contribution in [3.8, 4) is 0 Å². The Morgan fingerprint density at radius 2 is 1.78 bits per heavy atom. The van der Waals surface area contributed by atoms with Gasteiger partial charge < -0.3 is 15.4 Å². The minimum Gasteiger partial charge on any atom is -0.465 e. The number of halogens is 1. The summed E-state index contributed by atoms with van der Waals surface area (Å²) < 4.78 is 4.82. The molecule has 0 saturated carbocycles. The largest absolute Gasteiger partial charge is 0.465 e. The van der Waals surface area contributed by atoms with Crippen LogP contribution in [0.15, 0.2) is 54.6 Å². The number of carbonyl (C=O) groups is 1. The number of hydrogen-bond donors (Lipinski definition) is 2. The van der Waals surface area contributed by atoms with Crippen LogP contribution in [0.25, 0.3) is 0 Å². The average molecular weight is 383 g/mol. The van der Waals surface area contributed by atoms with Gasteiger partial charge in [-0.1, -0.05) is 35.9 Å². The molecule has 2 N–H and O–H groups in total. The number of aryl methyl sites for hydroxylation is 1. The minimum absolute atomic E-state index is 0.412. The van der Waals surface area contributed by atoms with Crippen molar-refractivity contribution in [2.45, 2.75) is 13.5 Å². The van der Waals surface area contributed by atoms with Crippen LogP contribution in [0.2, 0.25) is 5.02 Å². The van der Waals surface area contributed by atoms with Crippen LogP contribution in [-0.4, -0.2) is 23.0 Å². The van der Waals surface area contributed by atoms with Gasteiger partial charge in [-0.15, -0.1) is 0 Å². The van der Waals surface area contributed by atoms with E-state index in [1.165, 1.54) is 7.11 Å². The number of nitrogens with one attached hydrogen (secondary N) is 2. The van der Waals surface area contributed by atoms with E-state index in [4.69, 9.17) is 16.3 Å². The molecule has 0 unspecified atom stereocenters. The lowest BCUT2D eigenvalue weighted by atomic mass is 10.2. The van der Waals surface area contributed by atoms with Gasteiger partial charge in [-0.05, 0) is 36.8 Å². The molecule has 0 saturated heterocycles. The third-order valence-corrected chi connectivity index (χ3v) is 4.07. The number of aromatic nitrogens is 2. The number of anilines is 3. The Bertz CT molecular complexity index is 945. The Morgan fingerprint density at radius 3 is 2.52 bits per heavy atom. The monoisotopic (exact) mass is 382 g/mol. The molecule has 6 nitrogen and oxygen atoms in total. The van der Waals surface area contributed by atoms with Gasteiger partial charge in [0.05, 0.1) is 18.4 Å². The highest BCUT2D eigenvalue weighted by Gasteiger charge is 2.12. The van der Waals surface area contributed by atoms with Crippen LogP contribution >= 0.6 is 11.6 Å². The number of carbonyl (C=O) groups excluding carboxylic acids is 1. The summed E-state index contributed by atoms with van der Waals surface area (Å²) in [5, 5.41) is 7.14. The summed E-state index contributed by atoms with van der Waals surface area (Å²) in [6.45, 7) is 2.41. The van der Waals surface area contributed by atoms with E-state index in [0.29, 0.717) is 40.3 Å². The van der Waals surface area contributed by atoms with Gasteiger partial charge in [0, 0.05) is 17.6 Å². The minimum atomic E-state index is -0.412. The molecule has 0 amide bonds. The Morgan fingerprint density at radius 1 is 1.07 bits per heavy atom. The van der Waals surface area contributed by atoms with Gasteiger partial charge in [-0.2, -0.15) is 0 Å². The molecule has 138 valence electrons. The summed E-state index contributed by atoms with van der Waals surface area (Å²) in [7, 11) is 1.35. The van der Waals surface area contributed by atoms with Gasteiger partial charge in [-0.25, -0.2) is 14.8 Å². The SMILES string of the molecule is COC(=O)c1ccccc1Nc1cc(NCc2ccc(Cl)cc2)nc(C)n1. The van der Waals surface area contributed by atoms with E-state index in [1.807, 2.05) is 37.3 Å². The first-order chi connectivity index (χ1) is 13.0. The Hall–Kier alpha value is -3.12. The molecule has 0 aliphatic rings. The van der Waals surface area contributed by atoms with Gasteiger partial charge in [0.25, 0.3) is 0 Å². The molecule has 27 heavy (non-hydrogen) atoms. The van der Waals surface area contributed by atoms with Crippen molar-refractivity contribution in [1.82, 2.24) is 9.97 Å². The Balaban J connectivity index is 1.78. The summed E-state index contributed by atoms with van der Waals surface area (Å²) in [5.74, 6) is 1.45. The highest BCUT2D eigenvalue weighted by Crippen LogP contribution is 2.22. The fourth-order valence-electron chi connectivity index (χ4n) is 2.54. The number of esters is 1. The summed E-state index contributed by atoms with van der Waals surface area (Å²) in [5.41, 5.74) is 2.14. The smallest absolute Gasteiger partial charge is 0.339 e. The maximum atomic E-state index is 11.9. The van der Waals surface area contributed by atoms with Crippen molar-refractivity contribution in [3.63, 3.8) is 0 Å². The van der Waals surface area contributed by atoms with Crippen LogP contribution in [0, 0.1) is 6.92 Å². The zero-order valence-corrected chi connectivity index (χ0v) is 15.7. The van der Waals surface area contributed by atoms with E-state index in [2.05, 4.69) is 20.6 Å². The van der Waals surface area contributed by atoms with Crippen molar-refractivity contribution >= 4 is 34.9 Å². The standard InChI is InChI=1S/C20H19ClN4O2/c1-13-23-18(22-12-14-7-9-15(21)10-8-14)11-19(24-13)25-17-6-4-3-5-16(17)20(26)27-2/h3-11H,12H2,1-2H3,(H2,22,23,24,25). The van der Waals surface area contributed by atoms with Crippen molar-refractivity contribution in [3.05, 3.63) is 76.6 Å². The van der Waals surface area contributed by atoms with Gasteiger partial charge in [0.15, 0.2) is 0 Å². The molecule has 3 rings (SSSR count). The van der Waals surface area contributed by atoms with Gasteiger partial charge >= 0.3 is 5.97 Å². The second kappa shape index (κ2) is 8.51. The summed E-state index contributed by atoms with van der Waals surface area (Å²) >= 11 is 5.91. The molecule has 2 aromatic carbocycles. The van der Waals surface area contributed by atoms with E-state index in [1.54, 1.807) is 24.3 Å². The molecular formula is C20H19ClN4O2. The number of methoxy groups -OCH3 is 1. The van der Waals surface area contributed by atoms with E-state index in [9.17, 15) is 4.79 Å². The second-order valence-corrected chi connectivity index (χ2v) is 6.26. The first-order valence-electron chi connectivity index (χ1n) is 8.33. The number of para-hydroxylation sites is 1. The fraction of sp³-hybridized carbons (Fsp3) is 0.150. The maximum absolute atomic E-state index is 11.9. The van der Waals surface area contributed by atoms with Crippen LogP contribution in [0.5, 0.6) is 0 Å². The molecule has 0 atom stereocenters. The predicted octanol–water partition coefficient (Wildman–Crippen LogP) is 4.58. The molecule has 0 aliphatic carbocycles. The maximum Gasteiger partial charge on any atom is 0.339 e. The highest BCUT2D eigenvalue weighted by atomic mass is 35.5. The van der Waals surface area contributed by atoms with Crippen molar-refractivity contribution < 1.29 is 9.53 Å². The highest BCUT2D eigenvalue weighted by molar-refractivity contribution is 6.30. The summed E-state index contributed by atoms with van der Waals surface area (Å²) in [6.07, 6.45) is 0. The zero-order valence-electron chi connectivity index (χ0n) is 15.0. The normalized spacial score (nSPS) is 10.3. The van der Waals surface area contributed by atoms with Crippen LogP contribution in [0.1, 0.15) is 21.7 Å². The molecule has 0 bridgehead atoms. The molecule has 0 fully saturated rings.